The van der Waals surface area contributed by atoms with Gasteiger partial charge in [0.05, 0.1) is 18.8 Å². The van der Waals surface area contributed by atoms with Crippen LogP contribution in [0.2, 0.25) is 0 Å². The number of nitrogens with zero attached hydrogens (tertiary/aromatic N) is 1. The third kappa shape index (κ3) is 4.62. The summed E-state index contributed by atoms with van der Waals surface area (Å²) < 4.78 is 17.3. The Morgan fingerprint density at radius 3 is 2.42 bits per heavy atom. The molecule has 38 heavy (non-hydrogen) atoms. The van der Waals surface area contributed by atoms with Gasteiger partial charge in [-0.1, -0.05) is 24.3 Å². The maximum absolute atomic E-state index is 13.1. The second-order valence-electron chi connectivity index (χ2n) is 9.04. The smallest absolute Gasteiger partial charge is 0.229 e. The van der Waals surface area contributed by atoms with E-state index in [1.165, 1.54) is 18.2 Å². The van der Waals surface area contributed by atoms with E-state index < -0.39 is 54.6 Å². The minimum absolute atomic E-state index is 0.0243. The van der Waals surface area contributed by atoms with Gasteiger partial charge in [-0.25, -0.2) is 4.98 Å². The van der Waals surface area contributed by atoms with E-state index in [0.29, 0.717) is 12.2 Å². The molecule has 6 N–H and O–H groups in total. The number of phenolic OH excluding ortho intramolecular Hbond substituents is 1. The number of aromatic nitrogens is 1. The summed E-state index contributed by atoms with van der Waals surface area (Å²) in [6, 6.07) is 12.4. The van der Waals surface area contributed by atoms with Crippen molar-refractivity contribution in [2.24, 2.45) is 0 Å². The summed E-state index contributed by atoms with van der Waals surface area (Å²) >= 11 is 0. The van der Waals surface area contributed by atoms with Gasteiger partial charge in [0.2, 0.25) is 6.29 Å². The molecule has 1 aliphatic carbocycles. The zero-order valence-electron chi connectivity index (χ0n) is 20.1. The normalized spacial score (nSPS) is 24.6. The third-order valence-corrected chi connectivity index (χ3v) is 6.64. The summed E-state index contributed by atoms with van der Waals surface area (Å²) in [4.78, 5) is 30.0. The van der Waals surface area contributed by atoms with Crippen LogP contribution in [0.3, 0.4) is 0 Å². The van der Waals surface area contributed by atoms with E-state index >= 15 is 0 Å². The summed E-state index contributed by atoms with van der Waals surface area (Å²) in [5.74, 6) is -1.40. The molecule has 198 valence electrons. The molecule has 0 bridgehead atoms. The van der Waals surface area contributed by atoms with E-state index in [9.17, 15) is 30.0 Å². The van der Waals surface area contributed by atoms with Gasteiger partial charge in [0.15, 0.2) is 23.1 Å². The minimum Gasteiger partial charge on any atom is -0.504 e. The van der Waals surface area contributed by atoms with Crippen LogP contribution in [-0.2, 0) is 15.9 Å². The van der Waals surface area contributed by atoms with Crippen molar-refractivity contribution in [2.45, 2.75) is 37.1 Å². The SMILES string of the molecule is Nc1cc(CCOC2C(Oc3ccc4c(c3O)C(=O)c3ccccc3C4=O)OC(CO)C(O)C2O)ccn1. The Morgan fingerprint density at radius 1 is 0.974 bits per heavy atom. The van der Waals surface area contributed by atoms with E-state index in [-0.39, 0.29) is 34.6 Å². The summed E-state index contributed by atoms with van der Waals surface area (Å²) in [7, 11) is 0. The maximum Gasteiger partial charge on any atom is 0.229 e. The molecule has 11 heteroatoms. The van der Waals surface area contributed by atoms with Gasteiger partial charge in [-0.3, -0.25) is 9.59 Å². The number of fused-ring (bicyclic) bond motifs is 2. The number of nitrogens with two attached hydrogens (primary N) is 1. The van der Waals surface area contributed by atoms with Gasteiger partial charge in [-0.15, -0.1) is 0 Å². The Morgan fingerprint density at radius 2 is 1.71 bits per heavy atom. The largest absolute Gasteiger partial charge is 0.504 e. The first kappa shape index (κ1) is 25.8. The predicted molar refractivity (Wildman–Crippen MR) is 132 cm³/mol. The maximum atomic E-state index is 13.1. The highest BCUT2D eigenvalue weighted by atomic mass is 16.7. The van der Waals surface area contributed by atoms with Crippen molar-refractivity contribution in [2.75, 3.05) is 18.9 Å². The Kier molecular flexibility index (Phi) is 7.11. The highest BCUT2D eigenvalue weighted by Crippen LogP contribution is 2.40. The zero-order chi connectivity index (χ0) is 27.0. The van der Waals surface area contributed by atoms with Crippen LogP contribution in [0.4, 0.5) is 5.82 Å². The number of ether oxygens (including phenoxy) is 3. The second-order valence-corrected chi connectivity index (χ2v) is 9.04. The van der Waals surface area contributed by atoms with Gasteiger partial charge < -0.3 is 40.4 Å². The first-order chi connectivity index (χ1) is 18.3. The lowest BCUT2D eigenvalue weighted by Crippen LogP contribution is -2.61. The van der Waals surface area contributed by atoms with Crippen LogP contribution in [0.25, 0.3) is 0 Å². The van der Waals surface area contributed by atoms with E-state index in [2.05, 4.69) is 4.98 Å². The molecular weight excluding hydrogens is 496 g/mol. The highest BCUT2D eigenvalue weighted by molar-refractivity contribution is 6.29. The van der Waals surface area contributed by atoms with Gasteiger partial charge in [-0.2, -0.15) is 0 Å². The molecule has 0 spiro atoms. The summed E-state index contributed by atoms with van der Waals surface area (Å²) in [6.45, 7) is -0.550. The van der Waals surface area contributed by atoms with Gasteiger partial charge in [0.25, 0.3) is 0 Å². The lowest BCUT2D eigenvalue weighted by Gasteiger charge is -2.41. The molecule has 1 aromatic heterocycles. The lowest BCUT2D eigenvalue weighted by molar-refractivity contribution is -0.287. The summed E-state index contributed by atoms with van der Waals surface area (Å²) in [6.07, 6.45) is -4.88. The minimum atomic E-state index is -1.51. The molecule has 5 rings (SSSR count). The molecule has 0 saturated carbocycles. The first-order valence-electron chi connectivity index (χ1n) is 12.0. The highest BCUT2D eigenvalue weighted by Gasteiger charge is 2.47. The standard InChI is InChI=1S/C27H26N2O9/c28-19-11-13(7-9-29-19)8-10-36-26-25(35)24(34)18(12-30)38-27(26)37-17-6-5-16-20(23(17)33)22(32)15-4-2-1-3-14(15)21(16)31/h1-7,9,11,18,24-27,30,33-35H,8,10,12H2,(H2,28,29). The number of hydrogen-bond donors (Lipinski definition) is 5. The van der Waals surface area contributed by atoms with E-state index in [1.807, 2.05) is 0 Å². The number of phenols is 1. The van der Waals surface area contributed by atoms with Gasteiger partial charge in [-0.05, 0) is 36.2 Å². The fourth-order valence-corrected chi connectivity index (χ4v) is 4.66. The van der Waals surface area contributed by atoms with Crippen molar-refractivity contribution in [3.8, 4) is 11.5 Å². The Balaban J connectivity index is 1.40. The van der Waals surface area contributed by atoms with Gasteiger partial charge >= 0.3 is 0 Å². The van der Waals surface area contributed by atoms with Crippen molar-refractivity contribution in [3.63, 3.8) is 0 Å². The molecule has 11 nitrogen and oxygen atoms in total. The number of nitrogen functional groups attached to an aromatic ring is 1. The first-order valence-corrected chi connectivity index (χ1v) is 12.0. The van der Waals surface area contributed by atoms with Crippen LogP contribution in [0.15, 0.2) is 54.7 Å². The Labute approximate surface area is 217 Å². The second kappa shape index (κ2) is 10.5. The lowest BCUT2D eigenvalue weighted by atomic mass is 9.83. The molecular formula is C27H26N2O9. The number of aliphatic hydroxyl groups is 3. The average Bonchev–Trinajstić information content (AvgIpc) is 2.92. The van der Waals surface area contributed by atoms with E-state index in [0.717, 1.165) is 5.56 Å². The van der Waals surface area contributed by atoms with Crippen LogP contribution < -0.4 is 10.5 Å². The predicted octanol–water partition coefficient (Wildman–Crippen LogP) is 0.590. The number of carbonyl (C=O) groups is 2. The van der Waals surface area contributed by atoms with Crippen LogP contribution in [-0.4, -0.2) is 80.9 Å². The van der Waals surface area contributed by atoms with Gasteiger partial charge in [0.1, 0.15) is 30.2 Å². The summed E-state index contributed by atoms with van der Waals surface area (Å²) in [5, 5.41) is 41.7. The van der Waals surface area contributed by atoms with Crippen molar-refractivity contribution < 1.29 is 44.2 Å². The monoisotopic (exact) mass is 522 g/mol. The van der Waals surface area contributed by atoms with Crippen molar-refractivity contribution in [3.05, 3.63) is 82.5 Å². The molecule has 5 atom stereocenters. The van der Waals surface area contributed by atoms with Crippen LogP contribution in [0.1, 0.15) is 37.4 Å². The third-order valence-electron chi connectivity index (χ3n) is 6.64. The molecule has 3 aromatic rings. The molecule has 0 radical (unpaired) electrons. The van der Waals surface area contributed by atoms with E-state index in [1.54, 1.807) is 36.5 Å². The number of anilines is 1. The fourth-order valence-electron chi connectivity index (χ4n) is 4.66. The average molecular weight is 523 g/mol. The van der Waals surface area contributed by atoms with E-state index in [4.69, 9.17) is 19.9 Å². The number of ketones is 2. The number of rotatable bonds is 7. The number of benzene rings is 2. The topological polar surface area (TPSA) is 182 Å². The molecule has 2 aromatic carbocycles. The zero-order valence-corrected chi connectivity index (χ0v) is 20.1. The van der Waals surface area contributed by atoms with Crippen molar-refractivity contribution in [1.29, 1.82) is 0 Å². The molecule has 2 heterocycles. The molecule has 2 aliphatic rings. The van der Waals surface area contributed by atoms with Crippen LogP contribution in [0.5, 0.6) is 11.5 Å². The van der Waals surface area contributed by atoms with Crippen LogP contribution in [0, 0.1) is 0 Å². The summed E-state index contributed by atoms with van der Waals surface area (Å²) in [5.41, 5.74) is 6.73. The number of aromatic hydroxyl groups is 1. The Hall–Kier alpha value is -3.87. The number of pyridine rings is 1. The van der Waals surface area contributed by atoms with Crippen LogP contribution >= 0.6 is 0 Å². The number of aliphatic hydroxyl groups excluding tert-OH is 3. The Bertz CT molecular complexity index is 1380. The fraction of sp³-hybridized carbons (Fsp3) is 0.296. The number of hydrogen-bond acceptors (Lipinski definition) is 11. The van der Waals surface area contributed by atoms with Crippen molar-refractivity contribution >= 4 is 17.4 Å². The molecule has 1 aliphatic heterocycles. The molecule has 0 amide bonds. The van der Waals surface area contributed by atoms with Crippen molar-refractivity contribution in [1.82, 2.24) is 4.98 Å². The molecule has 1 saturated heterocycles. The van der Waals surface area contributed by atoms with Gasteiger partial charge in [0, 0.05) is 22.9 Å². The molecule has 1 fully saturated rings. The number of carbonyl (C=O) groups excluding carboxylic acids is 2. The molecule has 5 unspecified atom stereocenters. The quantitative estimate of drug-likeness (QED) is 0.229.